The molecule has 0 atom stereocenters. The zero-order chi connectivity index (χ0) is 13.2. The number of nitrogen functional groups attached to an aromatic ring is 1. The number of rotatable bonds is 4. The minimum absolute atomic E-state index is 0.0805. The molecule has 3 rings (SSSR count). The van der Waals surface area contributed by atoms with E-state index in [9.17, 15) is 4.79 Å². The van der Waals surface area contributed by atoms with Gasteiger partial charge in [0.25, 0.3) is 5.91 Å². The second kappa shape index (κ2) is 4.68. The minimum Gasteiger partial charge on any atom is -0.366 e. The van der Waals surface area contributed by atoms with Gasteiger partial charge in [-0.05, 0) is 25.0 Å². The van der Waals surface area contributed by atoms with Gasteiger partial charge in [-0.2, -0.15) is 4.98 Å². The molecule has 7 heteroatoms. The van der Waals surface area contributed by atoms with Crippen molar-refractivity contribution < 1.29 is 4.79 Å². The Morgan fingerprint density at radius 2 is 2.32 bits per heavy atom. The van der Waals surface area contributed by atoms with E-state index in [1.807, 2.05) is 18.2 Å². The Kier molecular flexibility index (Phi) is 2.86. The van der Waals surface area contributed by atoms with Gasteiger partial charge >= 0.3 is 0 Å². The highest BCUT2D eigenvalue weighted by molar-refractivity contribution is 5.91. The molecular formula is C12H14N6O. The highest BCUT2D eigenvalue weighted by Crippen LogP contribution is 2.29. The minimum atomic E-state index is -0.183. The first-order chi connectivity index (χ1) is 9.24. The zero-order valence-corrected chi connectivity index (χ0v) is 10.3. The monoisotopic (exact) mass is 258 g/mol. The van der Waals surface area contributed by atoms with Gasteiger partial charge < -0.3 is 10.6 Å². The number of nitrogens with two attached hydrogens (primary N) is 1. The highest BCUT2D eigenvalue weighted by atomic mass is 16.2. The molecule has 1 aliphatic rings. The van der Waals surface area contributed by atoms with Crippen molar-refractivity contribution in [3.05, 3.63) is 35.9 Å². The van der Waals surface area contributed by atoms with Gasteiger partial charge in [-0.15, -0.1) is 5.10 Å². The van der Waals surface area contributed by atoms with Crippen LogP contribution in [-0.4, -0.2) is 37.0 Å². The van der Waals surface area contributed by atoms with Gasteiger partial charge in [0.1, 0.15) is 0 Å². The number of anilines is 1. The smallest absolute Gasteiger partial charge is 0.291 e. The standard InChI is InChI=1S/C12H14N6O/c13-12-15-10(16-17-12)11(19)18(9-4-5-9)7-8-3-1-2-6-14-8/h1-3,6,9H,4-5,7H2,(H3,13,15,16,17). The summed E-state index contributed by atoms with van der Waals surface area (Å²) in [4.78, 5) is 22.2. The number of hydrogen-bond acceptors (Lipinski definition) is 5. The molecule has 0 spiro atoms. The van der Waals surface area contributed by atoms with Crippen molar-refractivity contribution in [1.29, 1.82) is 0 Å². The van der Waals surface area contributed by atoms with E-state index in [4.69, 9.17) is 5.73 Å². The van der Waals surface area contributed by atoms with Gasteiger partial charge in [-0.25, -0.2) is 0 Å². The van der Waals surface area contributed by atoms with E-state index in [1.165, 1.54) is 0 Å². The average Bonchev–Trinajstić information content (AvgIpc) is 3.18. The largest absolute Gasteiger partial charge is 0.366 e. The van der Waals surface area contributed by atoms with E-state index < -0.39 is 0 Å². The van der Waals surface area contributed by atoms with Crippen LogP contribution in [0.3, 0.4) is 0 Å². The zero-order valence-electron chi connectivity index (χ0n) is 10.3. The molecule has 1 saturated carbocycles. The number of pyridine rings is 1. The second-order valence-corrected chi connectivity index (χ2v) is 4.53. The lowest BCUT2D eigenvalue weighted by atomic mass is 10.3. The molecule has 0 aromatic carbocycles. The molecule has 0 saturated heterocycles. The van der Waals surface area contributed by atoms with Crippen molar-refractivity contribution in [3.8, 4) is 0 Å². The molecule has 2 aromatic rings. The SMILES string of the molecule is Nc1n[nH]c(C(=O)N(Cc2ccccn2)C2CC2)n1. The molecule has 0 radical (unpaired) electrons. The molecule has 7 nitrogen and oxygen atoms in total. The average molecular weight is 258 g/mol. The van der Waals surface area contributed by atoms with E-state index in [1.54, 1.807) is 11.1 Å². The van der Waals surface area contributed by atoms with Gasteiger partial charge in [0.15, 0.2) is 0 Å². The molecule has 1 aliphatic carbocycles. The summed E-state index contributed by atoms with van der Waals surface area (Å²) in [5, 5.41) is 6.24. The number of nitrogens with one attached hydrogen (secondary N) is 1. The third-order valence-corrected chi connectivity index (χ3v) is 3.01. The molecule has 1 fully saturated rings. The third-order valence-electron chi connectivity index (χ3n) is 3.01. The van der Waals surface area contributed by atoms with E-state index in [0.29, 0.717) is 6.54 Å². The maximum atomic E-state index is 12.4. The first kappa shape index (κ1) is 11.6. The summed E-state index contributed by atoms with van der Waals surface area (Å²) in [6.07, 6.45) is 3.75. The van der Waals surface area contributed by atoms with Crippen LogP contribution in [-0.2, 0) is 6.54 Å². The molecular weight excluding hydrogens is 244 g/mol. The molecule has 98 valence electrons. The topological polar surface area (TPSA) is 101 Å². The van der Waals surface area contributed by atoms with Crippen LogP contribution in [0.5, 0.6) is 0 Å². The van der Waals surface area contributed by atoms with Crippen molar-refractivity contribution >= 4 is 11.9 Å². The lowest BCUT2D eigenvalue weighted by Gasteiger charge is -2.20. The fourth-order valence-electron chi connectivity index (χ4n) is 1.93. The molecule has 0 unspecified atom stereocenters. The number of nitrogens with zero attached hydrogens (tertiary/aromatic N) is 4. The summed E-state index contributed by atoms with van der Waals surface area (Å²) in [6.45, 7) is 0.477. The van der Waals surface area contributed by atoms with Gasteiger partial charge in [0.2, 0.25) is 11.8 Å². The predicted octanol–water partition coefficient (Wildman–Crippen LogP) is 0.587. The summed E-state index contributed by atoms with van der Waals surface area (Å²) in [5.74, 6) is 0.0783. The first-order valence-corrected chi connectivity index (χ1v) is 6.13. The van der Waals surface area contributed by atoms with Gasteiger partial charge in [0, 0.05) is 12.2 Å². The lowest BCUT2D eigenvalue weighted by Crippen LogP contribution is -2.33. The number of carbonyl (C=O) groups excluding carboxylic acids is 1. The summed E-state index contributed by atoms with van der Waals surface area (Å²) in [5.41, 5.74) is 6.28. The van der Waals surface area contributed by atoms with Crippen molar-refractivity contribution in [3.63, 3.8) is 0 Å². The number of aromatic nitrogens is 4. The van der Waals surface area contributed by atoms with E-state index in [2.05, 4.69) is 20.2 Å². The summed E-state index contributed by atoms with van der Waals surface area (Å²) < 4.78 is 0. The van der Waals surface area contributed by atoms with Crippen LogP contribution < -0.4 is 5.73 Å². The fraction of sp³-hybridized carbons (Fsp3) is 0.333. The van der Waals surface area contributed by atoms with Crippen LogP contribution in [0.25, 0.3) is 0 Å². The fourth-order valence-corrected chi connectivity index (χ4v) is 1.93. The van der Waals surface area contributed by atoms with E-state index in [0.717, 1.165) is 18.5 Å². The number of H-pyrrole nitrogens is 1. The molecule has 19 heavy (non-hydrogen) atoms. The van der Waals surface area contributed by atoms with Crippen LogP contribution in [0.1, 0.15) is 29.2 Å². The second-order valence-electron chi connectivity index (χ2n) is 4.53. The number of hydrogen-bond donors (Lipinski definition) is 2. The van der Waals surface area contributed by atoms with E-state index in [-0.39, 0.29) is 23.7 Å². The number of aromatic amines is 1. The number of carbonyl (C=O) groups is 1. The molecule has 3 N–H and O–H groups in total. The summed E-state index contributed by atoms with van der Waals surface area (Å²) >= 11 is 0. The molecule has 1 amide bonds. The molecule has 0 bridgehead atoms. The van der Waals surface area contributed by atoms with E-state index >= 15 is 0 Å². The summed E-state index contributed by atoms with van der Waals surface area (Å²) in [7, 11) is 0. The van der Waals surface area contributed by atoms with Gasteiger partial charge in [-0.1, -0.05) is 6.07 Å². The van der Waals surface area contributed by atoms with Crippen LogP contribution in [0.15, 0.2) is 24.4 Å². The quantitative estimate of drug-likeness (QED) is 0.835. The number of amides is 1. The third kappa shape index (κ3) is 2.54. The van der Waals surface area contributed by atoms with Gasteiger partial charge in [0.05, 0.1) is 12.2 Å². The van der Waals surface area contributed by atoms with Crippen molar-refractivity contribution in [2.24, 2.45) is 0 Å². The Morgan fingerprint density at radius 3 is 2.89 bits per heavy atom. The van der Waals surface area contributed by atoms with Crippen LogP contribution >= 0.6 is 0 Å². The molecule has 2 aromatic heterocycles. The Balaban J connectivity index is 1.79. The van der Waals surface area contributed by atoms with Crippen molar-refractivity contribution in [2.45, 2.75) is 25.4 Å². The van der Waals surface area contributed by atoms with Crippen LogP contribution in [0.4, 0.5) is 5.95 Å². The Bertz CT molecular complexity index is 577. The van der Waals surface area contributed by atoms with Crippen molar-refractivity contribution in [2.75, 3.05) is 5.73 Å². The highest BCUT2D eigenvalue weighted by Gasteiger charge is 2.34. The maximum Gasteiger partial charge on any atom is 0.291 e. The normalized spacial score (nSPS) is 14.3. The Morgan fingerprint density at radius 1 is 1.47 bits per heavy atom. The molecule has 0 aliphatic heterocycles. The Labute approximate surface area is 109 Å². The van der Waals surface area contributed by atoms with Gasteiger partial charge in [-0.3, -0.25) is 14.9 Å². The molecule has 2 heterocycles. The lowest BCUT2D eigenvalue weighted by molar-refractivity contribution is 0.0716. The first-order valence-electron chi connectivity index (χ1n) is 6.13. The van der Waals surface area contributed by atoms with Crippen molar-refractivity contribution in [1.82, 2.24) is 25.1 Å². The van der Waals surface area contributed by atoms with Crippen LogP contribution in [0, 0.1) is 0 Å². The Hall–Kier alpha value is -2.44. The summed E-state index contributed by atoms with van der Waals surface area (Å²) in [6, 6.07) is 5.92. The predicted molar refractivity (Wildman–Crippen MR) is 67.9 cm³/mol. The van der Waals surface area contributed by atoms with Crippen LogP contribution in [0.2, 0.25) is 0 Å². The maximum absolute atomic E-state index is 12.4.